The number of nitrogens with zero attached hydrogens (tertiary/aromatic N) is 4. The third kappa shape index (κ3) is 5.62. The van der Waals surface area contributed by atoms with Gasteiger partial charge in [-0.25, -0.2) is 0 Å². The maximum atomic E-state index is 7.43. The standard InChI is InChI=1S/C9H20NO.C2N3/c1-3-6-10(9-11-2)7-4-5-8-10;3-1-5-2-4/h3-9H2,1-2H3;/q+1;-1. The Bertz CT molecular complexity index is 252. The maximum absolute atomic E-state index is 7.43. The molecule has 1 fully saturated rings. The molecule has 0 spiro atoms. The highest BCUT2D eigenvalue weighted by atomic mass is 16.5. The highest BCUT2D eigenvalue weighted by molar-refractivity contribution is 5.46. The second kappa shape index (κ2) is 9.05. The molecule has 5 nitrogen and oxygen atoms in total. The van der Waals surface area contributed by atoms with Gasteiger partial charge in [-0.1, -0.05) is 6.92 Å². The van der Waals surface area contributed by atoms with E-state index in [2.05, 4.69) is 11.9 Å². The van der Waals surface area contributed by atoms with Crippen LogP contribution in [0.1, 0.15) is 26.2 Å². The number of rotatable bonds is 4. The molecule has 1 rings (SSSR count). The minimum atomic E-state index is 0.924. The summed E-state index contributed by atoms with van der Waals surface area (Å²) in [5, 5.41) is 14.9. The molecule has 0 amide bonds. The van der Waals surface area contributed by atoms with Crippen LogP contribution in [0.2, 0.25) is 0 Å². The van der Waals surface area contributed by atoms with E-state index in [1.54, 1.807) is 0 Å². The van der Waals surface area contributed by atoms with Gasteiger partial charge in [0.2, 0.25) is 0 Å². The number of ether oxygens (including phenoxy) is 1. The van der Waals surface area contributed by atoms with Crippen LogP contribution in [0.3, 0.4) is 0 Å². The first-order chi connectivity index (χ1) is 7.74. The van der Waals surface area contributed by atoms with Crippen molar-refractivity contribution in [3.05, 3.63) is 5.41 Å². The zero-order valence-electron chi connectivity index (χ0n) is 10.1. The summed E-state index contributed by atoms with van der Waals surface area (Å²) in [7, 11) is 1.81. The first-order valence-corrected chi connectivity index (χ1v) is 5.56. The average molecular weight is 224 g/mol. The van der Waals surface area contributed by atoms with Gasteiger partial charge in [0.15, 0.2) is 6.73 Å². The van der Waals surface area contributed by atoms with Crippen molar-refractivity contribution in [2.45, 2.75) is 26.2 Å². The zero-order valence-corrected chi connectivity index (χ0v) is 10.1. The largest absolute Gasteiger partial charge is 0.422 e. The van der Waals surface area contributed by atoms with Gasteiger partial charge in [-0.3, -0.25) is 0 Å². The molecule has 0 aliphatic carbocycles. The van der Waals surface area contributed by atoms with E-state index in [4.69, 9.17) is 15.4 Å². The first kappa shape index (κ1) is 14.8. The van der Waals surface area contributed by atoms with Crippen LogP contribution in [0.5, 0.6) is 0 Å². The predicted octanol–water partition coefficient (Wildman–Crippen LogP) is 1.82. The van der Waals surface area contributed by atoms with E-state index >= 15 is 0 Å². The van der Waals surface area contributed by atoms with Gasteiger partial charge in [-0.05, 0) is 6.42 Å². The minimum absolute atomic E-state index is 0.924. The molecule has 0 N–H and O–H groups in total. The van der Waals surface area contributed by atoms with Crippen LogP contribution in [-0.2, 0) is 4.74 Å². The first-order valence-electron chi connectivity index (χ1n) is 5.56. The molecule has 0 radical (unpaired) electrons. The van der Waals surface area contributed by atoms with Gasteiger partial charge >= 0.3 is 0 Å². The Morgan fingerprint density at radius 1 is 1.44 bits per heavy atom. The SMILES string of the molecule is CCC[N+]1(COC)CCCC1.N#CN=C=[N-]. The molecule has 0 aromatic heterocycles. The van der Waals surface area contributed by atoms with E-state index in [1.807, 2.05) is 7.11 Å². The van der Waals surface area contributed by atoms with Gasteiger partial charge in [-0.2, -0.15) is 5.26 Å². The van der Waals surface area contributed by atoms with Crippen molar-refractivity contribution >= 4 is 6.01 Å². The molecular formula is C11H20N4O. The van der Waals surface area contributed by atoms with Crippen molar-refractivity contribution in [3.63, 3.8) is 0 Å². The average Bonchev–Trinajstić information content (AvgIpc) is 2.70. The van der Waals surface area contributed by atoms with Crippen LogP contribution in [0.15, 0.2) is 4.99 Å². The molecule has 0 bridgehead atoms. The van der Waals surface area contributed by atoms with E-state index < -0.39 is 0 Å². The molecule has 0 unspecified atom stereocenters. The monoisotopic (exact) mass is 224 g/mol. The van der Waals surface area contributed by atoms with E-state index in [9.17, 15) is 0 Å². The Hall–Kier alpha value is -1.21. The molecule has 0 aromatic carbocycles. The van der Waals surface area contributed by atoms with E-state index in [0.717, 1.165) is 6.73 Å². The third-order valence-electron chi connectivity index (χ3n) is 2.72. The fourth-order valence-corrected chi connectivity index (χ4v) is 2.19. The van der Waals surface area contributed by atoms with Gasteiger partial charge < -0.3 is 19.6 Å². The number of aliphatic imine (C=N–C) groups is 1. The van der Waals surface area contributed by atoms with E-state index in [-0.39, 0.29) is 0 Å². The fourth-order valence-electron chi connectivity index (χ4n) is 2.19. The molecule has 0 aromatic rings. The number of hydrogen-bond acceptors (Lipinski definition) is 3. The van der Waals surface area contributed by atoms with Crippen LogP contribution in [0.4, 0.5) is 0 Å². The van der Waals surface area contributed by atoms with Gasteiger partial charge in [-0.15, -0.1) is 6.01 Å². The summed E-state index contributed by atoms with van der Waals surface area (Å²) in [6.45, 7) is 7.15. The van der Waals surface area contributed by atoms with Crippen LogP contribution in [-0.4, -0.2) is 44.0 Å². The Kier molecular flexibility index (Phi) is 8.36. The van der Waals surface area contributed by atoms with Gasteiger partial charge in [0.05, 0.1) is 25.8 Å². The third-order valence-corrected chi connectivity index (χ3v) is 2.72. The highest BCUT2D eigenvalue weighted by Gasteiger charge is 2.30. The molecule has 1 saturated heterocycles. The Morgan fingerprint density at radius 3 is 2.38 bits per heavy atom. The molecular weight excluding hydrogens is 204 g/mol. The fraction of sp³-hybridized carbons (Fsp3) is 0.818. The molecule has 1 aliphatic heterocycles. The summed E-state index contributed by atoms with van der Waals surface area (Å²) in [5.41, 5.74) is 0. The summed E-state index contributed by atoms with van der Waals surface area (Å²) in [4.78, 5) is 2.58. The van der Waals surface area contributed by atoms with Crippen molar-refractivity contribution in [1.82, 2.24) is 0 Å². The summed E-state index contributed by atoms with van der Waals surface area (Å²) >= 11 is 0. The molecule has 90 valence electrons. The van der Waals surface area contributed by atoms with Crippen molar-refractivity contribution < 1.29 is 9.22 Å². The Balaban J connectivity index is 0.000000385. The van der Waals surface area contributed by atoms with Crippen LogP contribution in [0.25, 0.3) is 5.41 Å². The normalized spacial score (nSPS) is 16.6. The molecule has 5 heteroatoms. The number of likely N-dealkylation sites (tertiary alicyclic amines) is 1. The van der Waals surface area contributed by atoms with Crippen molar-refractivity contribution in [3.8, 4) is 6.19 Å². The smallest absolute Gasteiger partial charge is 0.182 e. The lowest BCUT2D eigenvalue weighted by atomic mass is 10.4. The topological polar surface area (TPSA) is 67.7 Å². The maximum Gasteiger partial charge on any atom is 0.182 e. The second-order valence-corrected chi connectivity index (χ2v) is 3.95. The molecule has 0 atom stereocenters. The second-order valence-electron chi connectivity index (χ2n) is 3.95. The lowest BCUT2D eigenvalue weighted by Crippen LogP contribution is -2.47. The van der Waals surface area contributed by atoms with Gasteiger partial charge in [0.1, 0.15) is 0 Å². The van der Waals surface area contributed by atoms with Crippen LogP contribution in [0, 0.1) is 11.5 Å². The molecule has 1 heterocycles. The summed E-state index contributed by atoms with van der Waals surface area (Å²) in [5.74, 6) is 0. The summed E-state index contributed by atoms with van der Waals surface area (Å²) in [6.07, 6.45) is 5.35. The van der Waals surface area contributed by atoms with Crippen molar-refractivity contribution in [1.29, 1.82) is 5.26 Å². The van der Waals surface area contributed by atoms with Crippen molar-refractivity contribution in [2.75, 3.05) is 33.5 Å². The summed E-state index contributed by atoms with van der Waals surface area (Å²) < 4.78 is 6.47. The van der Waals surface area contributed by atoms with Crippen LogP contribution < -0.4 is 0 Å². The van der Waals surface area contributed by atoms with E-state index in [1.165, 1.54) is 55.6 Å². The van der Waals surface area contributed by atoms with Crippen molar-refractivity contribution in [2.24, 2.45) is 4.99 Å². The number of hydrogen-bond donors (Lipinski definition) is 0. The Labute approximate surface area is 97.4 Å². The Morgan fingerprint density at radius 2 is 2.06 bits per heavy atom. The van der Waals surface area contributed by atoms with Crippen LogP contribution >= 0.6 is 0 Å². The quantitative estimate of drug-likeness (QED) is 0.415. The lowest BCUT2D eigenvalue weighted by Gasteiger charge is -2.32. The highest BCUT2D eigenvalue weighted by Crippen LogP contribution is 2.19. The number of nitriles is 1. The molecule has 1 aliphatic rings. The predicted molar refractivity (Wildman–Crippen MR) is 62.7 cm³/mol. The number of methoxy groups -OCH3 is 1. The van der Waals surface area contributed by atoms with Gasteiger partial charge in [0.25, 0.3) is 0 Å². The summed E-state index contributed by atoms with van der Waals surface area (Å²) in [6, 6.07) is 1.28. The minimum Gasteiger partial charge on any atom is -0.422 e. The molecule has 16 heavy (non-hydrogen) atoms. The van der Waals surface area contributed by atoms with Gasteiger partial charge in [0, 0.05) is 20.0 Å². The zero-order chi connectivity index (χ0) is 12.3. The molecule has 0 saturated carbocycles. The number of quaternary nitrogens is 1. The van der Waals surface area contributed by atoms with E-state index in [0.29, 0.717) is 0 Å². The lowest BCUT2D eigenvalue weighted by molar-refractivity contribution is -0.934.